The minimum absolute atomic E-state index is 0.104. The number of piperazine rings is 1. The number of amides is 2. The maximum atomic E-state index is 12.5. The molecular weight excluding hydrogens is 366 g/mol. The second-order valence-electron chi connectivity index (χ2n) is 7.57. The van der Waals surface area contributed by atoms with Gasteiger partial charge in [0.2, 0.25) is 5.91 Å². The summed E-state index contributed by atoms with van der Waals surface area (Å²) in [4.78, 5) is 28.8. The Hall–Kier alpha value is -2.86. The van der Waals surface area contributed by atoms with Crippen LogP contribution in [0.5, 0.6) is 5.75 Å². The van der Waals surface area contributed by atoms with E-state index in [2.05, 4.69) is 28.4 Å². The monoisotopic (exact) mass is 393 g/mol. The Bertz CT molecular complexity index is 861. The first-order chi connectivity index (χ1) is 14.2. The van der Waals surface area contributed by atoms with Gasteiger partial charge in [-0.1, -0.05) is 30.3 Å². The molecule has 0 spiro atoms. The second kappa shape index (κ2) is 9.09. The van der Waals surface area contributed by atoms with E-state index in [4.69, 9.17) is 4.74 Å². The molecule has 2 aliphatic heterocycles. The highest BCUT2D eigenvalue weighted by atomic mass is 16.5. The highest BCUT2D eigenvalue weighted by molar-refractivity contribution is 5.94. The summed E-state index contributed by atoms with van der Waals surface area (Å²) in [5, 5.41) is 2.82. The normalized spacial score (nSPS) is 16.2. The minimum atomic E-state index is -0.136. The van der Waals surface area contributed by atoms with Crippen LogP contribution >= 0.6 is 0 Å². The molecule has 152 valence electrons. The molecule has 6 nitrogen and oxygen atoms in total. The lowest BCUT2D eigenvalue weighted by Crippen LogP contribution is -2.48. The van der Waals surface area contributed by atoms with Crippen LogP contribution in [-0.4, -0.2) is 60.9 Å². The van der Waals surface area contributed by atoms with Crippen LogP contribution in [0.1, 0.15) is 27.9 Å². The average Bonchev–Trinajstić information content (AvgIpc) is 3.22. The number of nitrogens with one attached hydrogen (secondary N) is 1. The first kappa shape index (κ1) is 19.5. The van der Waals surface area contributed by atoms with Crippen molar-refractivity contribution >= 4 is 11.8 Å². The lowest BCUT2D eigenvalue weighted by Gasteiger charge is -2.35. The van der Waals surface area contributed by atoms with Crippen molar-refractivity contribution in [1.82, 2.24) is 15.1 Å². The molecule has 2 heterocycles. The largest absolute Gasteiger partial charge is 0.493 e. The zero-order chi connectivity index (χ0) is 20.1. The van der Waals surface area contributed by atoms with Crippen molar-refractivity contribution in [2.45, 2.75) is 19.4 Å². The molecular formula is C23H27N3O3. The molecule has 0 bridgehead atoms. The van der Waals surface area contributed by atoms with Gasteiger partial charge in [-0.05, 0) is 29.3 Å². The fourth-order valence-electron chi connectivity index (χ4n) is 3.88. The first-order valence-corrected chi connectivity index (χ1v) is 10.3. The molecule has 0 unspecified atom stereocenters. The van der Waals surface area contributed by atoms with Gasteiger partial charge in [0.05, 0.1) is 6.61 Å². The van der Waals surface area contributed by atoms with E-state index in [1.807, 2.05) is 23.1 Å². The molecule has 0 aromatic heterocycles. The molecule has 0 radical (unpaired) electrons. The van der Waals surface area contributed by atoms with E-state index in [0.717, 1.165) is 51.5 Å². The number of hydrogen-bond acceptors (Lipinski definition) is 4. The van der Waals surface area contributed by atoms with Crippen LogP contribution in [0.15, 0.2) is 48.5 Å². The van der Waals surface area contributed by atoms with Gasteiger partial charge in [-0.2, -0.15) is 0 Å². The number of carbonyl (C=O) groups excluding carboxylic acids is 2. The van der Waals surface area contributed by atoms with Crippen LogP contribution < -0.4 is 10.1 Å². The smallest absolute Gasteiger partial charge is 0.251 e. The predicted octanol–water partition coefficient (Wildman–Crippen LogP) is 2.09. The molecule has 0 aliphatic carbocycles. The van der Waals surface area contributed by atoms with Crippen molar-refractivity contribution in [1.29, 1.82) is 0 Å². The van der Waals surface area contributed by atoms with Gasteiger partial charge in [-0.3, -0.25) is 14.5 Å². The zero-order valence-electron chi connectivity index (χ0n) is 16.6. The minimum Gasteiger partial charge on any atom is -0.493 e. The summed E-state index contributed by atoms with van der Waals surface area (Å²) in [6.45, 7) is 5.27. The van der Waals surface area contributed by atoms with E-state index >= 15 is 0 Å². The SMILES string of the molecule is O=C(NCCC(=O)N1CCN(Cc2ccc3c(c2)CCO3)CC1)c1ccccc1. The fourth-order valence-corrected chi connectivity index (χ4v) is 3.88. The van der Waals surface area contributed by atoms with Crippen molar-refractivity contribution in [3.05, 3.63) is 65.2 Å². The van der Waals surface area contributed by atoms with E-state index in [1.165, 1.54) is 11.1 Å². The lowest BCUT2D eigenvalue weighted by atomic mass is 10.1. The maximum absolute atomic E-state index is 12.5. The Labute approximate surface area is 171 Å². The molecule has 2 aromatic carbocycles. The Balaban J connectivity index is 1.18. The van der Waals surface area contributed by atoms with Gasteiger partial charge < -0.3 is 15.0 Å². The third-order valence-corrected chi connectivity index (χ3v) is 5.55. The summed E-state index contributed by atoms with van der Waals surface area (Å²) in [7, 11) is 0. The van der Waals surface area contributed by atoms with Gasteiger partial charge in [0.25, 0.3) is 5.91 Å². The number of nitrogens with zero attached hydrogens (tertiary/aromatic N) is 2. The number of hydrogen-bond donors (Lipinski definition) is 1. The molecule has 0 atom stereocenters. The summed E-state index contributed by atoms with van der Waals surface area (Å²) >= 11 is 0. The van der Waals surface area contributed by atoms with Crippen LogP contribution in [0.2, 0.25) is 0 Å². The topological polar surface area (TPSA) is 61.9 Å². The molecule has 1 saturated heterocycles. The Kier molecular flexibility index (Phi) is 6.10. The molecule has 2 aliphatic rings. The second-order valence-corrected chi connectivity index (χ2v) is 7.57. The van der Waals surface area contributed by atoms with Crippen molar-refractivity contribution in [3.8, 4) is 5.75 Å². The zero-order valence-corrected chi connectivity index (χ0v) is 16.6. The molecule has 4 rings (SSSR count). The lowest BCUT2D eigenvalue weighted by molar-refractivity contribution is -0.132. The van der Waals surface area contributed by atoms with E-state index in [0.29, 0.717) is 18.5 Å². The van der Waals surface area contributed by atoms with Gasteiger partial charge in [-0.25, -0.2) is 0 Å². The Morgan fingerprint density at radius 2 is 1.79 bits per heavy atom. The molecule has 2 amide bonds. The molecule has 1 N–H and O–H groups in total. The first-order valence-electron chi connectivity index (χ1n) is 10.3. The summed E-state index contributed by atoms with van der Waals surface area (Å²) in [5.41, 5.74) is 3.22. The highest BCUT2D eigenvalue weighted by Gasteiger charge is 2.21. The van der Waals surface area contributed by atoms with Crippen LogP contribution in [0.3, 0.4) is 0 Å². The number of rotatable bonds is 6. The summed E-state index contributed by atoms with van der Waals surface area (Å²) in [6, 6.07) is 15.5. The fraction of sp³-hybridized carbons (Fsp3) is 0.391. The average molecular weight is 393 g/mol. The van der Waals surface area contributed by atoms with Gasteiger partial charge in [0.15, 0.2) is 0 Å². The van der Waals surface area contributed by atoms with E-state index < -0.39 is 0 Å². The number of ether oxygens (including phenoxy) is 1. The third kappa shape index (κ3) is 4.95. The van der Waals surface area contributed by atoms with Gasteiger partial charge in [0, 0.05) is 57.7 Å². The van der Waals surface area contributed by atoms with Crippen molar-refractivity contribution in [2.75, 3.05) is 39.3 Å². The van der Waals surface area contributed by atoms with Crippen LogP contribution in [0, 0.1) is 0 Å². The summed E-state index contributed by atoms with van der Waals surface area (Å²) in [6.07, 6.45) is 1.33. The summed E-state index contributed by atoms with van der Waals surface area (Å²) < 4.78 is 5.57. The molecule has 2 aromatic rings. The van der Waals surface area contributed by atoms with Crippen molar-refractivity contribution in [3.63, 3.8) is 0 Å². The number of carbonyl (C=O) groups is 2. The highest BCUT2D eigenvalue weighted by Crippen LogP contribution is 2.26. The predicted molar refractivity (Wildman–Crippen MR) is 111 cm³/mol. The number of benzene rings is 2. The molecule has 29 heavy (non-hydrogen) atoms. The van der Waals surface area contributed by atoms with E-state index in [9.17, 15) is 9.59 Å². The maximum Gasteiger partial charge on any atom is 0.251 e. The van der Waals surface area contributed by atoms with Crippen molar-refractivity contribution in [2.24, 2.45) is 0 Å². The molecule has 6 heteroatoms. The standard InChI is InChI=1S/C23H27N3O3/c27-22(8-10-24-23(28)19-4-2-1-3-5-19)26-13-11-25(12-14-26)17-18-6-7-21-20(16-18)9-15-29-21/h1-7,16H,8-15,17H2,(H,24,28). The molecule has 0 saturated carbocycles. The van der Waals surface area contributed by atoms with Gasteiger partial charge in [-0.15, -0.1) is 0 Å². The van der Waals surface area contributed by atoms with Crippen molar-refractivity contribution < 1.29 is 14.3 Å². The van der Waals surface area contributed by atoms with Crippen LogP contribution in [-0.2, 0) is 17.8 Å². The third-order valence-electron chi connectivity index (χ3n) is 5.55. The van der Waals surface area contributed by atoms with Gasteiger partial charge in [0.1, 0.15) is 5.75 Å². The Morgan fingerprint density at radius 3 is 2.59 bits per heavy atom. The Morgan fingerprint density at radius 1 is 1.00 bits per heavy atom. The van der Waals surface area contributed by atoms with Crippen LogP contribution in [0.25, 0.3) is 0 Å². The number of fused-ring (bicyclic) bond motifs is 1. The van der Waals surface area contributed by atoms with Gasteiger partial charge >= 0.3 is 0 Å². The van der Waals surface area contributed by atoms with Crippen LogP contribution in [0.4, 0.5) is 0 Å². The molecule has 1 fully saturated rings. The summed E-state index contributed by atoms with van der Waals surface area (Å²) in [5.74, 6) is 0.985. The quantitative estimate of drug-likeness (QED) is 0.816. The van der Waals surface area contributed by atoms with E-state index in [-0.39, 0.29) is 11.8 Å². The van der Waals surface area contributed by atoms with E-state index in [1.54, 1.807) is 12.1 Å².